The number of piperazine rings is 1. The second-order valence-corrected chi connectivity index (χ2v) is 8.02. The maximum absolute atomic E-state index is 12.6. The second-order valence-electron chi connectivity index (χ2n) is 8.02. The van der Waals surface area contributed by atoms with E-state index in [4.69, 9.17) is 4.74 Å². The molecule has 0 unspecified atom stereocenters. The number of likely N-dealkylation sites (N-methyl/N-ethyl adjacent to an activating group) is 1. The Bertz CT molecular complexity index is 829. The molecule has 5 nitrogen and oxygen atoms in total. The minimum absolute atomic E-state index is 0.0969. The summed E-state index contributed by atoms with van der Waals surface area (Å²) < 4.78 is 5.91. The predicted octanol–water partition coefficient (Wildman–Crippen LogP) is 3.13. The third-order valence-electron chi connectivity index (χ3n) is 5.79. The van der Waals surface area contributed by atoms with Crippen molar-refractivity contribution in [3.05, 3.63) is 64.7 Å². The van der Waals surface area contributed by atoms with E-state index in [0.29, 0.717) is 6.54 Å². The lowest BCUT2D eigenvalue weighted by Crippen LogP contribution is -2.44. The molecule has 1 amide bonds. The van der Waals surface area contributed by atoms with E-state index < -0.39 is 6.10 Å². The Morgan fingerprint density at radius 2 is 1.72 bits per heavy atom. The SMILES string of the molecule is Cc1cccc(O[C@H](C)C(=O)NCc2ccccc2CN2CCN(C)CC2)c1C. The molecule has 29 heavy (non-hydrogen) atoms. The standard InChI is InChI=1S/C24H33N3O2/c1-18-8-7-11-23(19(18)2)29-20(3)24(28)25-16-21-9-5-6-10-22(21)17-27-14-12-26(4)13-15-27/h5-11,20H,12-17H2,1-4H3,(H,25,28)/t20-/m1/s1. The van der Waals surface area contributed by atoms with Gasteiger partial charge in [-0.15, -0.1) is 0 Å². The van der Waals surface area contributed by atoms with Crippen LogP contribution in [0.1, 0.15) is 29.2 Å². The summed E-state index contributed by atoms with van der Waals surface area (Å²) in [5, 5.41) is 3.05. The van der Waals surface area contributed by atoms with E-state index in [9.17, 15) is 4.79 Å². The van der Waals surface area contributed by atoms with Gasteiger partial charge in [-0.25, -0.2) is 0 Å². The van der Waals surface area contributed by atoms with Gasteiger partial charge in [-0.2, -0.15) is 0 Å². The molecule has 1 atom stereocenters. The minimum Gasteiger partial charge on any atom is -0.481 e. The van der Waals surface area contributed by atoms with Crippen molar-refractivity contribution in [2.45, 2.75) is 40.0 Å². The van der Waals surface area contributed by atoms with Crippen LogP contribution >= 0.6 is 0 Å². The lowest BCUT2D eigenvalue weighted by molar-refractivity contribution is -0.127. The first kappa shape index (κ1) is 21.3. The molecular formula is C24H33N3O2. The first-order valence-electron chi connectivity index (χ1n) is 10.4. The number of nitrogens with zero attached hydrogens (tertiary/aromatic N) is 2. The highest BCUT2D eigenvalue weighted by molar-refractivity contribution is 5.80. The topological polar surface area (TPSA) is 44.8 Å². The molecule has 0 saturated carbocycles. The van der Waals surface area contributed by atoms with Gasteiger partial charge in [0.2, 0.25) is 0 Å². The fourth-order valence-electron chi connectivity index (χ4n) is 3.55. The van der Waals surface area contributed by atoms with Gasteiger partial charge in [-0.3, -0.25) is 9.69 Å². The Labute approximate surface area is 174 Å². The number of rotatable bonds is 7. The maximum Gasteiger partial charge on any atom is 0.261 e. The summed E-state index contributed by atoms with van der Waals surface area (Å²) in [5.74, 6) is 0.670. The van der Waals surface area contributed by atoms with Gasteiger partial charge in [0.1, 0.15) is 5.75 Å². The lowest BCUT2D eigenvalue weighted by atomic mass is 10.1. The van der Waals surface area contributed by atoms with E-state index in [1.54, 1.807) is 6.92 Å². The van der Waals surface area contributed by atoms with Gasteiger partial charge in [0.25, 0.3) is 5.91 Å². The largest absolute Gasteiger partial charge is 0.481 e. The van der Waals surface area contributed by atoms with Crippen LogP contribution < -0.4 is 10.1 Å². The Kier molecular flexibility index (Phi) is 7.29. The van der Waals surface area contributed by atoms with Crippen molar-refractivity contribution in [2.75, 3.05) is 33.2 Å². The first-order chi connectivity index (χ1) is 13.9. The van der Waals surface area contributed by atoms with Crippen LogP contribution in [-0.4, -0.2) is 55.0 Å². The van der Waals surface area contributed by atoms with E-state index in [1.165, 1.54) is 11.1 Å². The minimum atomic E-state index is -0.541. The van der Waals surface area contributed by atoms with Gasteiger partial charge in [0, 0.05) is 39.3 Å². The smallest absolute Gasteiger partial charge is 0.261 e. The molecule has 2 aromatic rings. The van der Waals surface area contributed by atoms with Crippen LogP contribution in [0.25, 0.3) is 0 Å². The van der Waals surface area contributed by atoms with Crippen molar-refractivity contribution < 1.29 is 9.53 Å². The fourth-order valence-corrected chi connectivity index (χ4v) is 3.55. The van der Waals surface area contributed by atoms with Crippen LogP contribution in [0, 0.1) is 13.8 Å². The number of hydrogen-bond acceptors (Lipinski definition) is 4. The normalized spacial score (nSPS) is 16.4. The quantitative estimate of drug-likeness (QED) is 0.782. The summed E-state index contributed by atoms with van der Waals surface area (Å²) in [6.07, 6.45) is -0.541. The van der Waals surface area contributed by atoms with E-state index in [1.807, 2.05) is 38.1 Å². The molecule has 3 rings (SSSR count). The zero-order chi connectivity index (χ0) is 20.8. The molecule has 5 heteroatoms. The van der Waals surface area contributed by atoms with Gasteiger partial charge in [-0.1, -0.05) is 36.4 Å². The molecule has 156 valence electrons. The molecule has 0 bridgehead atoms. The van der Waals surface area contributed by atoms with Gasteiger partial charge in [0.15, 0.2) is 6.10 Å². The van der Waals surface area contributed by atoms with E-state index >= 15 is 0 Å². The summed E-state index contributed by atoms with van der Waals surface area (Å²) in [6, 6.07) is 14.3. The third-order valence-corrected chi connectivity index (χ3v) is 5.79. The average molecular weight is 396 g/mol. The monoisotopic (exact) mass is 395 g/mol. The number of carbonyl (C=O) groups is 1. The maximum atomic E-state index is 12.6. The second kappa shape index (κ2) is 9.90. The molecule has 1 saturated heterocycles. The van der Waals surface area contributed by atoms with Crippen molar-refractivity contribution >= 4 is 5.91 Å². The van der Waals surface area contributed by atoms with Crippen molar-refractivity contribution in [1.82, 2.24) is 15.1 Å². The summed E-state index contributed by atoms with van der Waals surface area (Å²) in [5.41, 5.74) is 4.68. The summed E-state index contributed by atoms with van der Waals surface area (Å²) in [4.78, 5) is 17.4. The van der Waals surface area contributed by atoms with Crippen molar-refractivity contribution in [3.63, 3.8) is 0 Å². The predicted molar refractivity (Wildman–Crippen MR) is 117 cm³/mol. The van der Waals surface area contributed by atoms with Crippen LogP contribution in [0.5, 0.6) is 5.75 Å². The zero-order valence-corrected chi connectivity index (χ0v) is 18.1. The van der Waals surface area contributed by atoms with Gasteiger partial charge in [0.05, 0.1) is 0 Å². The van der Waals surface area contributed by atoms with Crippen LogP contribution in [0.4, 0.5) is 0 Å². The molecule has 1 heterocycles. The number of nitrogens with one attached hydrogen (secondary N) is 1. The molecule has 0 radical (unpaired) electrons. The molecule has 1 N–H and O–H groups in total. The van der Waals surface area contributed by atoms with Crippen molar-refractivity contribution in [2.24, 2.45) is 0 Å². The summed E-state index contributed by atoms with van der Waals surface area (Å²) >= 11 is 0. The van der Waals surface area contributed by atoms with Crippen LogP contribution in [0.2, 0.25) is 0 Å². The van der Waals surface area contributed by atoms with Gasteiger partial charge < -0.3 is 15.0 Å². The summed E-state index contributed by atoms with van der Waals surface area (Å²) in [6.45, 7) is 11.7. The Hall–Kier alpha value is -2.37. The highest BCUT2D eigenvalue weighted by Gasteiger charge is 2.18. The number of carbonyl (C=O) groups excluding carboxylic acids is 1. The third kappa shape index (κ3) is 5.81. The van der Waals surface area contributed by atoms with Crippen LogP contribution in [0.3, 0.4) is 0 Å². The Morgan fingerprint density at radius 1 is 1.03 bits per heavy atom. The number of aryl methyl sites for hydroxylation is 1. The first-order valence-corrected chi connectivity index (χ1v) is 10.4. The van der Waals surface area contributed by atoms with E-state index in [-0.39, 0.29) is 5.91 Å². The molecule has 0 spiro atoms. The number of hydrogen-bond donors (Lipinski definition) is 1. The number of amides is 1. The number of benzene rings is 2. The van der Waals surface area contributed by atoms with Crippen LogP contribution in [0.15, 0.2) is 42.5 Å². The number of ether oxygens (including phenoxy) is 1. The highest BCUT2D eigenvalue weighted by Crippen LogP contribution is 2.22. The molecule has 2 aromatic carbocycles. The van der Waals surface area contributed by atoms with E-state index in [2.05, 4.69) is 40.4 Å². The average Bonchev–Trinajstić information content (AvgIpc) is 2.72. The molecule has 1 aliphatic heterocycles. The van der Waals surface area contributed by atoms with E-state index in [0.717, 1.165) is 49.6 Å². The van der Waals surface area contributed by atoms with Crippen molar-refractivity contribution in [1.29, 1.82) is 0 Å². The fraction of sp³-hybridized carbons (Fsp3) is 0.458. The van der Waals surface area contributed by atoms with Gasteiger partial charge >= 0.3 is 0 Å². The molecule has 1 aliphatic rings. The Morgan fingerprint density at radius 3 is 2.45 bits per heavy atom. The lowest BCUT2D eigenvalue weighted by Gasteiger charge is -2.32. The van der Waals surface area contributed by atoms with Gasteiger partial charge in [-0.05, 0) is 56.1 Å². The molecule has 0 aromatic heterocycles. The molecule has 1 fully saturated rings. The zero-order valence-electron chi connectivity index (χ0n) is 18.1. The van der Waals surface area contributed by atoms with Crippen molar-refractivity contribution in [3.8, 4) is 5.75 Å². The molecule has 0 aliphatic carbocycles. The summed E-state index contributed by atoms with van der Waals surface area (Å²) in [7, 11) is 2.17. The highest BCUT2D eigenvalue weighted by atomic mass is 16.5. The molecular weight excluding hydrogens is 362 g/mol. The Balaban J connectivity index is 1.56. The van der Waals surface area contributed by atoms with Crippen LogP contribution in [-0.2, 0) is 17.9 Å².